The molecule has 0 saturated carbocycles. The van der Waals surface area contributed by atoms with Crippen LogP contribution in [0.1, 0.15) is 13.8 Å². The van der Waals surface area contributed by atoms with E-state index in [1.165, 1.54) is 24.3 Å². The molecule has 0 unspecified atom stereocenters. The summed E-state index contributed by atoms with van der Waals surface area (Å²) in [6.45, 7) is 2.24. The molecule has 0 aliphatic heterocycles. The Labute approximate surface area is 81.1 Å². The number of ether oxygens (including phenoxy) is 1. The van der Waals surface area contributed by atoms with Gasteiger partial charge in [-0.25, -0.2) is 9.18 Å². The molecule has 0 radical (unpaired) electrons. The second kappa shape index (κ2) is 3.65. The highest BCUT2D eigenvalue weighted by Gasteiger charge is 2.28. The number of phenolic OH excluding ortho intramolecular Hbond substituents is 1. The minimum Gasteiger partial charge on any atom is -0.508 e. The van der Waals surface area contributed by atoms with Gasteiger partial charge in [0.2, 0.25) is 5.67 Å². The van der Waals surface area contributed by atoms with Crippen LogP contribution in [0.25, 0.3) is 0 Å². The number of alkyl halides is 1. The van der Waals surface area contributed by atoms with Gasteiger partial charge in [0, 0.05) is 0 Å². The summed E-state index contributed by atoms with van der Waals surface area (Å²) in [4.78, 5) is 11.1. The van der Waals surface area contributed by atoms with E-state index in [1.54, 1.807) is 0 Å². The second-order valence-corrected chi connectivity index (χ2v) is 3.36. The zero-order valence-electron chi connectivity index (χ0n) is 7.95. The molecule has 1 aromatic rings. The number of rotatable bonds is 2. The van der Waals surface area contributed by atoms with Crippen LogP contribution in [0.4, 0.5) is 4.39 Å². The van der Waals surface area contributed by atoms with E-state index in [-0.39, 0.29) is 11.5 Å². The summed E-state index contributed by atoms with van der Waals surface area (Å²) in [5.41, 5.74) is -2.02. The maximum Gasteiger partial charge on any atom is 0.348 e. The number of phenols is 1. The summed E-state index contributed by atoms with van der Waals surface area (Å²) in [5.74, 6) is -0.689. The minimum absolute atomic E-state index is 0.0595. The maximum absolute atomic E-state index is 13.0. The van der Waals surface area contributed by atoms with Gasteiger partial charge < -0.3 is 9.84 Å². The second-order valence-electron chi connectivity index (χ2n) is 3.36. The van der Waals surface area contributed by atoms with E-state index in [4.69, 9.17) is 9.84 Å². The number of esters is 1. The zero-order valence-corrected chi connectivity index (χ0v) is 7.95. The Balaban J connectivity index is 2.71. The van der Waals surface area contributed by atoms with Crippen LogP contribution in [0.5, 0.6) is 11.5 Å². The van der Waals surface area contributed by atoms with E-state index in [0.29, 0.717) is 0 Å². The molecule has 1 aromatic carbocycles. The van der Waals surface area contributed by atoms with Crippen LogP contribution in [-0.4, -0.2) is 16.7 Å². The zero-order chi connectivity index (χ0) is 10.8. The molecular weight excluding hydrogens is 187 g/mol. The molecule has 0 saturated heterocycles. The fourth-order valence-corrected chi connectivity index (χ4v) is 0.743. The molecule has 1 N–H and O–H groups in total. The first-order valence-corrected chi connectivity index (χ1v) is 4.10. The Hall–Kier alpha value is -1.58. The molecule has 0 aliphatic rings. The SMILES string of the molecule is CC(C)(F)C(=O)Oc1ccc(O)cc1. The monoisotopic (exact) mass is 198 g/mol. The van der Waals surface area contributed by atoms with E-state index in [0.717, 1.165) is 13.8 Å². The number of carbonyl (C=O) groups is 1. The van der Waals surface area contributed by atoms with E-state index in [9.17, 15) is 9.18 Å². The first kappa shape index (κ1) is 10.5. The highest BCUT2D eigenvalue weighted by atomic mass is 19.1. The molecule has 0 atom stereocenters. The molecule has 0 heterocycles. The van der Waals surface area contributed by atoms with Crippen LogP contribution in [0.3, 0.4) is 0 Å². The molecule has 0 spiro atoms. The lowest BCUT2D eigenvalue weighted by molar-refractivity contribution is -0.145. The molecule has 1 rings (SSSR count). The average molecular weight is 198 g/mol. The molecular formula is C10H11FO3. The number of carbonyl (C=O) groups excluding carboxylic acids is 1. The summed E-state index contributed by atoms with van der Waals surface area (Å²) in [6, 6.07) is 5.49. The van der Waals surface area contributed by atoms with Crippen LogP contribution in [0.2, 0.25) is 0 Å². The number of hydrogen-bond donors (Lipinski definition) is 1. The molecule has 0 fully saturated rings. The normalized spacial score (nSPS) is 11.1. The molecule has 76 valence electrons. The quantitative estimate of drug-likeness (QED) is 0.584. The lowest BCUT2D eigenvalue weighted by Gasteiger charge is -2.12. The number of benzene rings is 1. The highest BCUT2D eigenvalue weighted by molar-refractivity contribution is 5.80. The van der Waals surface area contributed by atoms with Crippen LogP contribution >= 0.6 is 0 Å². The van der Waals surface area contributed by atoms with Crippen molar-refractivity contribution in [2.24, 2.45) is 0 Å². The van der Waals surface area contributed by atoms with Crippen molar-refractivity contribution in [3.8, 4) is 11.5 Å². The Morgan fingerprint density at radius 2 is 1.86 bits per heavy atom. The van der Waals surface area contributed by atoms with E-state index >= 15 is 0 Å². The highest BCUT2D eigenvalue weighted by Crippen LogP contribution is 2.19. The molecule has 0 amide bonds. The Morgan fingerprint density at radius 3 is 2.29 bits per heavy atom. The van der Waals surface area contributed by atoms with Crippen molar-refractivity contribution >= 4 is 5.97 Å². The Kier molecular flexibility index (Phi) is 2.74. The first-order chi connectivity index (χ1) is 6.39. The van der Waals surface area contributed by atoms with Crippen molar-refractivity contribution in [3.05, 3.63) is 24.3 Å². The van der Waals surface area contributed by atoms with Gasteiger partial charge >= 0.3 is 5.97 Å². The third-order valence-electron chi connectivity index (χ3n) is 1.53. The van der Waals surface area contributed by atoms with Gasteiger partial charge in [0.05, 0.1) is 0 Å². The Bertz CT molecular complexity index is 324. The first-order valence-electron chi connectivity index (χ1n) is 4.10. The molecule has 0 bridgehead atoms. The van der Waals surface area contributed by atoms with Gasteiger partial charge in [-0.1, -0.05) is 0 Å². The summed E-state index contributed by atoms with van der Waals surface area (Å²) in [5, 5.41) is 8.94. The third-order valence-corrected chi connectivity index (χ3v) is 1.53. The number of aromatic hydroxyl groups is 1. The lowest BCUT2D eigenvalue weighted by atomic mass is 10.2. The molecule has 14 heavy (non-hydrogen) atoms. The summed E-state index contributed by atoms with van der Waals surface area (Å²) in [6.07, 6.45) is 0. The standard InChI is InChI=1S/C10H11FO3/c1-10(2,11)9(13)14-8-5-3-7(12)4-6-8/h3-6,12H,1-2H3. The number of hydrogen-bond acceptors (Lipinski definition) is 3. The van der Waals surface area contributed by atoms with Crippen molar-refractivity contribution in [2.75, 3.05) is 0 Å². The van der Waals surface area contributed by atoms with Crippen molar-refractivity contribution in [1.82, 2.24) is 0 Å². The third kappa shape index (κ3) is 2.73. The molecule has 3 nitrogen and oxygen atoms in total. The largest absolute Gasteiger partial charge is 0.508 e. The van der Waals surface area contributed by atoms with Crippen molar-refractivity contribution in [1.29, 1.82) is 0 Å². The lowest BCUT2D eigenvalue weighted by Crippen LogP contribution is -2.30. The number of halogens is 1. The topological polar surface area (TPSA) is 46.5 Å². The van der Waals surface area contributed by atoms with Gasteiger partial charge in [-0.05, 0) is 38.1 Å². The molecule has 4 heteroatoms. The van der Waals surface area contributed by atoms with Gasteiger partial charge in [-0.15, -0.1) is 0 Å². The smallest absolute Gasteiger partial charge is 0.348 e. The van der Waals surface area contributed by atoms with Gasteiger partial charge in [0.15, 0.2) is 0 Å². The summed E-state index contributed by atoms with van der Waals surface area (Å²) < 4.78 is 17.7. The molecule has 0 aliphatic carbocycles. The van der Waals surface area contributed by atoms with Crippen LogP contribution < -0.4 is 4.74 Å². The van der Waals surface area contributed by atoms with Gasteiger partial charge in [-0.2, -0.15) is 0 Å². The van der Waals surface area contributed by atoms with Gasteiger partial charge in [0.1, 0.15) is 11.5 Å². The van der Waals surface area contributed by atoms with E-state index in [1.807, 2.05) is 0 Å². The summed E-state index contributed by atoms with van der Waals surface area (Å²) in [7, 11) is 0. The van der Waals surface area contributed by atoms with Crippen LogP contribution in [0.15, 0.2) is 24.3 Å². The van der Waals surface area contributed by atoms with E-state index in [2.05, 4.69) is 0 Å². The predicted octanol–water partition coefficient (Wildman–Crippen LogP) is 2.05. The minimum atomic E-state index is -2.02. The van der Waals surface area contributed by atoms with Gasteiger partial charge in [-0.3, -0.25) is 0 Å². The fraction of sp³-hybridized carbons (Fsp3) is 0.300. The fourth-order valence-electron chi connectivity index (χ4n) is 0.743. The summed E-state index contributed by atoms with van der Waals surface area (Å²) >= 11 is 0. The van der Waals surface area contributed by atoms with Crippen LogP contribution in [-0.2, 0) is 4.79 Å². The predicted molar refractivity (Wildman–Crippen MR) is 48.9 cm³/mol. The van der Waals surface area contributed by atoms with E-state index < -0.39 is 11.6 Å². The van der Waals surface area contributed by atoms with Crippen molar-refractivity contribution in [3.63, 3.8) is 0 Å². The maximum atomic E-state index is 13.0. The van der Waals surface area contributed by atoms with Crippen LogP contribution in [0, 0.1) is 0 Å². The van der Waals surface area contributed by atoms with Gasteiger partial charge in [0.25, 0.3) is 0 Å². The van der Waals surface area contributed by atoms with Crippen molar-refractivity contribution in [2.45, 2.75) is 19.5 Å². The molecule has 0 aromatic heterocycles. The Morgan fingerprint density at radius 1 is 1.36 bits per heavy atom. The average Bonchev–Trinajstić information content (AvgIpc) is 2.07. The van der Waals surface area contributed by atoms with Crippen molar-refractivity contribution < 1.29 is 19.0 Å².